The molecule has 3 aromatic heterocycles. The summed E-state index contributed by atoms with van der Waals surface area (Å²) in [6.07, 6.45) is 4.12. The third kappa shape index (κ3) is 7.08. The fourth-order valence-electron chi connectivity index (χ4n) is 5.63. The maximum absolute atomic E-state index is 14.9. The van der Waals surface area contributed by atoms with Crippen LogP contribution in [0.3, 0.4) is 0 Å². The van der Waals surface area contributed by atoms with Crippen LogP contribution in [0.1, 0.15) is 25.7 Å². The summed E-state index contributed by atoms with van der Waals surface area (Å²) in [5, 5.41) is 13.1. The zero-order chi connectivity index (χ0) is 29.1. The van der Waals surface area contributed by atoms with E-state index in [9.17, 15) is 9.18 Å². The first-order valence-corrected chi connectivity index (χ1v) is 14.2. The third-order valence-electron chi connectivity index (χ3n) is 7.72. The fraction of sp³-hybridized carbons (Fsp3) is 0.464. The molecule has 13 nitrogen and oxygen atoms in total. The van der Waals surface area contributed by atoms with E-state index in [-0.39, 0.29) is 37.2 Å². The molecular weight excluding hydrogens is 581 g/mol. The minimum absolute atomic E-state index is 0. The summed E-state index contributed by atoms with van der Waals surface area (Å²) in [6.45, 7) is 5.99. The molecule has 3 N–H and O–H groups in total. The molecule has 2 fully saturated rings. The van der Waals surface area contributed by atoms with Crippen LogP contribution in [0.25, 0.3) is 17.4 Å². The van der Waals surface area contributed by atoms with E-state index >= 15 is 0 Å². The Morgan fingerprint density at radius 3 is 2.70 bits per heavy atom. The molecule has 1 aromatic carbocycles. The highest BCUT2D eigenvalue weighted by atomic mass is 35.5. The zero-order valence-corrected chi connectivity index (χ0v) is 24.5. The quantitative estimate of drug-likeness (QED) is 0.252. The van der Waals surface area contributed by atoms with Crippen LogP contribution in [0.2, 0.25) is 0 Å². The summed E-state index contributed by atoms with van der Waals surface area (Å²) >= 11 is 0. The van der Waals surface area contributed by atoms with Gasteiger partial charge in [-0.05, 0) is 49.4 Å². The molecule has 0 radical (unpaired) electrons. The molecule has 0 unspecified atom stereocenters. The number of piperidine rings is 1. The predicted molar refractivity (Wildman–Crippen MR) is 160 cm³/mol. The molecule has 6 rings (SSSR count). The number of fused-ring (bicyclic) bond motifs is 1. The van der Waals surface area contributed by atoms with Crippen molar-refractivity contribution in [2.45, 2.75) is 25.7 Å². The second kappa shape index (κ2) is 13.4. The van der Waals surface area contributed by atoms with Crippen molar-refractivity contribution in [3.8, 4) is 17.3 Å². The lowest BCUT2D eigenvalue weighted by atomic mass is 9.97. The van der Waals surface area contributed by atoms with E-state index in [4.69, 9.17) is 20.0 Å². The number of halogens is 2. The van der Waals surface area contributed by atoms with Crippen LogP contribution in [-0.2, 0) is 4.79 Å². The average Bonchev–Trinajstić information content (AvgIpc) is 3.67. The second-order valence-corrected chi connectivity index (χ2v) is 10.7. The normalized spacial score (nSPS) is 17.7. The van der Waals surface area contributed by atoms with Gasteiger partial charge in [-0.25, -0.2) is 4.39 Å². The number of carboxylic acids is 1. The summed E-state index contributed by atoms with van der Waals surface area (Å²) in [4.78, 5) is 31.0. The van der Waals surface area contributed by atoms with Gasteiger partial charge in [0.2, 0.25) is 17.7 Å². The molecule has 5 heterocycles. The molecule has 1 atom stereocenters. The summed E-state index contributed by atoms with van der Waals surface area (Å²) < 4.78 is 27.2. The fourth-order valence-corrected chi connectivity index (χ4v) is 5.63. The number of nitrogens with zero attached hydrogens (tertiary/aromatic N) is 8. The van der Waals surface area contributed by atoms with Crippen LogP contribution in [0.5, 0.6) is 5.75 Å². The van der Waals surface area contributed by atoms with Gasteiger partial charge in [0.15, 0.2) is 5.76 Å². The number of benzene rings is 1. The molecular formula is C28H35ClFN9O4. The van der Waals surface area contributed by atoms with Crippen molar-refractivity contribution in [2.75, 3.05) is 68.0 Å². The molecule has 0 saturated carbocycles. The molecule has 2 aliphatic heterocycles. The molecule has 0 spiro atoms. The first-order chi connectivity index (χ1) is 20.4. The van der Waals surface area contributed by atoms with Crippen molar-refractivity contribution in [1.29, 1.82) is 0 Å². The van der Waals surface area contributed by atoms with Gasteiger partial charge in [-0.1, -0.05) is 0 Å². The monoisotopic (exact) mass is 615 g/mol. The van der Waals surface area contributed by atoms with Gasteiger partial charge >= 0.3 is 5.97 Å². The SMILES string of the molecule is Cl.Nc1nc(N2CCC[C@@H](CN3CCN(c4ccc(OCCCC(=O)O)cc4F)CC3)C2)nc2nc(-c3ccco3)nn12. The highest BCUT2D eigenvalue weighted by Gasteiger charge is 2.27. The minimum atomic E-state index is -0.870. The lowest BCUT2D eigenvalue weighted by Gasteiger charge is -2.40. The number of hydrogen-bond donors (Lipinski definition) is 2. The van der Waals surface area contributed by atoms with Crippen LogP contribution in [0.15, 0.2) is 41.0 Å². The van der Waals surface area contributed by atoms with Gasteiger partial charge in [-0.3, -0.25) is 9.69 Å². The van der Waals surface area contributed by atoms with Gasteiger partial charge in [0.25, 0.3) is 5.78 Å². The largest absolute Gasteiger partial charge is 0.493 e. The Morgan fingerprint density at radius 1 is 1.12 bits per heavy atom. The van der Waals surface area contributed by atoms with Crippen molar-refractivity contribution < 1.29 is 23.4 Å². The van der Waals surface area contributed by atoms with Crippen molar-refractivity contribution >= 4 is 41.7 Å². The molecule has 0 bridgehead atoms. The lowest BCUT2D eigenvalue weighted by molar-refractivity contribution is -0.137. The van der Waals surface area contributed by atoms with E-state index in [1.165, 1.54) is 10.6 Å². The summed E-state index contributed by atoms with van der Waals surface area (Å²) in [5.74, 6) is 1.76. The molecule has 0 aliphatic carbocycles. The summed E-state index contributed by atoms with van der Waals surface area (Å²) in [7, 11) is 0. The Hall–Kier alpha value is -4.17. The number of nitrogen functional groups attached to an aromatic ring is 1. The highest BCUT2D eigenvalue weighted by Crippen LogP contribution is 2.27. The van der Waals surface area contributed by atoms with Gasteiger partial charge in [-0.15, -0.1) is 17.5 Å². The Bertz CT molecular complexity index is 1530. The van der Waals surface area contributed by atoms with E-state index in [0.717, 1.165) is 58.7 Å². The number of ether oxygens (including phenoxy) is 1. The van der Waals surface area contributed by atoms with E-state index in [1.54, 1.807) is 30.5 Å². The Morgan fingerprint density at radius 2 is 1.95 bits per heavy atom. The average molecular weight is 616 g/mol. The smallest absolute Gasteiger partial charge is 0.303 e. The van der Waals surface area contributed by atoms with Gasteiger partial charge in [0.05, 0.1) is 18.6 Å². The number of furan rings is 1. The number of piperazine rings is 1. The first-order valence-electron chi connectivity index (χ1n) is 14.2. The topological polar surface area (TPSA) is 151 Å². The minimum Gasteiger partial charge on any atom is -0.493 e. The van der Waals surface area contributed by atoms with E-state index in [0.29, 0.717) is 47.1 Å². The molecule has 2 aliphatic rings. The Labute approximate surface area is 253 Å². The van der Waals surface area contributed by atoms with Gasteiger partial charge in [0, 0.05) is 58.3 Å². The van der Waals surface area contributed by atoms with Crippen molar-refractivity contribution in [3.63, 3.8) is 0 Å². The summed E-state index contributed by atoms with van der Waals surface area (Å²) in [6, 6.07) is 8.42. The number of rotatable bonds is 10. The molecule has 15 heteroatoms. The molecule has 230 valence electrons. The third-order valence-corrected chi connectivity index (χ3v) is 7.72. The van der Waals surface area contributed by atoms with E-state index < -0.39 is 5.97 Å². The van der Waals surface area contributed by atoms with Crippen molar-refractivity contribution in [3.05, 3.63) is 42.4 Å². The maximum atomic E-state index is 14.9. The van der Waals surface area contributed by atoms with Crippen LogP contribution in [-0.4, -0.2) is 93.0 Å². The molecule has 0 amide bonds. The number of nitrogens with two attached hydrogens (primary N) is 1. The van der Waals surface area contributed by atoms with Crippen molar-refractivity contribution in [1.82, 2.24) is 29.5 Å². The standard InChI is InChI=1S/C28H34FN9O4.ClH/c29-21-16-20(41-14-3-6-24(39)40)7-8-22(21)36-12-10-35(11-13-36)17-19-4-1-9-37(18-19)27-32-26(30)38-28(33-27)31-25(34-38)23-5-2-15-42-23;/h2,5,7-8,15-16,19H,1,3-4,6,9-14,17-18H2,(H,39,40)(H2,30,31,32,33,34);1H/t19-;/m0./s1. The first kappa shape index (κ1) is 30.3. The number of carboxylic acid groups (broad SMARTS) is 1. The zero-order valence-electron chi connectivity index (χ0n) is 23.6. The van der Waals surface area contributed by atoms with Gasteiger partial charge in [0.1, 0.15) is 11.6 Å². The number of anilines is 3. The van der Waals surface area contributed by atoms with Crippen molar-refractivity contribution in [2.24, 2.45) is 5.92 Å². The van der Waals surface area contributed by atoms with Gasteiger partial charge < -0.3 is 29.8 Å². The van der Waals surface area contributed by atoms with Crippen LogP contribution in [0.4, 0.5) is 22.0 Å². The number of aromatic nitrogens is 5. The molecule has 4 aromatic rings. The second-order valence-electron chi connectivity index (χ2n) is 10.7. The maximum Gasteiger partial charge on any atom is 0.303 e. The van der Waals surface area contributed by atoms with E-state index in [1.807, 2.05) is 0 Å². The number of aliphatic carboxylic acids is 1. The van der Waals surface area contributed by atoms with Gasteiger partial charge in [-0.2, -0.15) is 19.5 Å². The molecule has 43 heavy (non-hydrogen) atoms. The Balaban J connectivity index is 0.00000368. The highest BCUT2D eigenvalue weighted by molar-refractivity contribution is 5.85. The van der Waals surface area contributed by atoms with E-state index in [2.05, 4.69) is 34.8 Å². The molecule has 2 saturated heterocycles. The summed E-state index contributed by atoms with van der Waals surface area (Å²) in [5.41, 5.74) is 6.78. The Kier molecular flexibility index (Phi) is 9.46. The number of carbonyl (C=O) groups is 1. The predicted octanol–water partition coefficient (Wildman–Crippen LogP) is 3.20. The lowest BCUT2D eigenvalue weighted by Crippen LogP contribution is -2.50. The number of hydrogen-bond acceptors (Lipinski definition) is 11. The van der Waals surface area contributed by atoms with Crippen LogP contribution < -0.4 is 20.3 Å². The van der Waals surface area contributed by atoms with Crippen LogP contribution in [0, 0.1) is 11.7 Å². The van der Waals surface area contributed by atoms with Crippen LogP contribution >= 0.6 is 12.4 Å².